The predicted molar refractivity (Wildman–Crippen MR) is 124 cm³/mol. The molecule has 3 N–H and O–H groups in total. The summed E-state index contributed by atoms with van der Waals surface area (Å²) in [6.45, 7) is 1.30. The summed E-state index contributed by atoms with van der Waals surface area (Å²) >= 11 is 9.35. The fourth-order valence-electron chi connectivity index (χ4n) is 3.21. The number of nitrogens with two attached hydrogens (primary N) is 1. The van der Waals surface area contributed by atoms with Crippen LogP contribution in [0.1, 0.15) is 37.9 Å². The number of pyridine rings is 1. The number of anilines is 1. The Labute approximate surface area is 213 Å². The minimum absolute atomic E-state index is 0.00912. The molecule has 1 aromatic carbocycles. The van der Waals surface area contributed by atoms with E-state index in [0.29, 0.717) is 14.8 Å². The molecule has 0 atom stereocenters. The molecular formula is C20H14BrClF3N9O2. The number of carbonyl (C=O) groups is 2. The number of aryl methyl sites for hydroxylation is 1. The van der Waals surface area contributed by atoms with Crippen LogP contribution in [0.15, 0.2) is 41.0 Å². The van der Waals surface area contributed by atoms with Crippen LogP contribution in [0, 0.1) is 6.92 Å². The van der Waals surface area contributed by atoms with Gasteiger partial charge >= 0.3 is 6.18 Å². The molecule has 0 bridgehead atoms. The zero-order valence-electron chi connectivity index (χ0n) is 18.1. The minimum Gasteiger partial charge on any atom is -0.366 e. The summed E-state index contributed by atoms with van der Waals surface area (Å²) in [6, 6.07) is 7.48. The zero-order chi connectivity index (χ0) is 26.2. The van der Waals surface area contributed by atoms with E-state index < -0.39 is 23.8 Å². The number of alkyl halides is 3. The lowest BCUT2D eigenvalue weighted by atomic mass is 10.1. The van der Waals surface area contributed by atoms with Crippen LogP contribution in [0.5, 0.6) is 0 Å². The largest absolute Gasteiger partial charge is 0.455 e. The van der Waals surface area contributed by atoms with Gasteiger partial charge in [-0.3, -0.25) is 9.59 Å². The van der Waals surface area contributed by atoms with E-state index in [0.717, 1.165) is 0 Å². The van der Waals surface area contributed by atoms with Crippen LogP contribution < -0.4 is 11.1 Å². The van der Waals surface area contributed by atoms with Gasteiger partial charge in [0.2, 0.25) is 0 Å². The van der Waals surface area contributed by atoms with Crippen LogP contribution in [-0.2, 0) is 12.7 Å². The molecule has 0 spiro atoms. The number of rotatable bonds is 6. The Kier molecular flexibility index (Phi) is 6.77. The SMILES string of the molecule is Cc1cc(Cl)cc(C(N)=O)c1NC(=O)c1cc(Cn2nnc(C(F)(F)F)n2)nn1-c1ncccc1Br. The van der Waals surface area contributed by atoms with Crippen molar-refractivity contribution in [3.63, 3.8) is 0 Å². The standard InChI is InChI=1S/C20H14BrClF3N9O2/c1-9-5-10(22)6-12(16(26)35)15(9)28-18(36)14-7-11(8-33-31-19(29-32-33)20(23,24)25)30-34(14)17-13(21)3-2-4-27-17/h2-7H,8H2,1H3,(H2,26,35)(H,28,36). The quantitative estimate of drug-likeness (QED) is 0.353. The molecular weight excluding hydrogens is 571 g/mol. The average molecular weight is 585 g/mol. The van der Waals surface area contributed by atoms with Crippen LogP contribution in [0.2, 0.25) is 5.02 Å². The average Bonchev–Trinajstić information content (AvgIpc) is 3.43. The number of aromatic nitrogens is 7. The minimum atomic E-state index is -4.77. The molecule has 0 saturated heterocycles. The Balaban J connectivity index is 1.75. The second-order valence-electron chi connectivity index (χ2n) is 7.35. The van der Waals surface area contributed by atoms with Crippen molar-refractivity contribution >= 4 is 45.0 Å². The fraction of sp³-hybridized carbons (Fsp3) is 0.150. The summed E-state index contributed by atoms with van der Waals surface area (Å²) in [5.74, 6) is -2.71. The van der Waals surface area contributed by atoms with Crippen LogP contribution in [-0.4, -0.2) is 46.8 Å². The van der Waals surface area contributed by atoms with E-state index in [2.05, 4.69) is 46.7 Å². The Morgan fingerprint density at radius 2 is 1.97 bits per heavy atom. The molecule has 2 amide bonds. The molecule has 4 rings (SSSR count). The highest BCUT2D eigenvalue weighted by Crippen LogP contribution is 2.28. The molecule has 0 saturated carbocycles. The first kappa shape index (κ1) is 25.2. The lowest BCUT2D eigenvalue weighted by molar-refractivity contribution is -0.145. The fourth-order valence-corrected chi connectivity index (χ4v) is 3.91. The van der Waals surface area contributed by atoms with Gasteiger partial charge in [-0.25, -0.2) is 9.67 Å². The van der Waals surface area contributed by atoms with Gasteiger partial charge in [-0.2, -0.15) is 23.1 Å². The Bertz CT molecular complexity index is 1490. The molecule has 186 valence electrons. The predicted octanol–water partition coefficient (Wildman–Crippen LogP) is 3.40. The van der Waals surface area contributed by atoms with E-state index in [1.54, 1.807) is 19.1 Å². The van der Waals surface area contributed by atoms with Crippen molar-refractivity contribution < 1.29 is 22.8 Å². The monoisotopic (exact) mass is 583 g/mol. The Hall–Kier alpha value is -3.85. The van der Waals surface area contributed by atoms with Gasteiger partial charge < -0.3 is 11.1 Å². The number of hydrogen-bond donors (Lipinski definition) is 2. The molecule has 3 heterocycles. The van der Waals surface area contributed by atoms with Gasteiger partial charge in [0.1, 0.15) is 12.2 Å². The van der Waals surface area contributed by atoms with Crippen molar-refractivity contribution in [2.45, 2.75) is 19.6 Å². The van der Waals surface area contributed by atoms with E-state index in [1.165, 1.54) is 29.1 Å². The molecule has 11 nitrogen and oxygen atoms in total. The molecule has 16 heteroatoms. The summed E-state index contributed by atoms with van der Waals surface area (Å²) in [5.41, 5.74) is 6.13. The second kappa shape index (κ2) is 9.66. The number of primary amides is 1. The molecule has 4 aromatic rings. The molecule has 0 aliphatic heterocycles. The normalized spacial score (nSPS) is 11.5. The lowest BCUT2D eigenvalue weighted by Crippen LogP contribution is -2.21. The first-order valence-electron chi connectivity index (χ1n) is 9.90. The van der Waals surface area contributed by atoms with Crippen molar-refractivity contribution in [2.75, 3.05) is 5.32 Å². The topological polar surface area (TPSA) is 146 Å². The van der Waals surface area contributed by atoms with Crippen LogP contribution >= 0.6 is 27.5 Å². The molecule has 0 fully saturated rings. The maximum Gasteiger partial charge on any atom is 0.455 e. The van der Waals surface area contributed by atoms with E-state index in [4.69, 9.17) is 17.3 Å². The smallest absolute Gasteiger partial charge is 0.366 e. The van der Waals surface area contributed by atoms with Gasteiger partial charge in [-0.05, 0) is 64.0 Å². The zero-order valence-corrected chi connectivity index (χ0v) is 20.4. The Morgan fingerprint density at radius 1 is 1.22 bits per heavy atom. The first-order chi connectivity index (χ1) is 16.9. The maximum atomic E-state index is 13.3. The first-order valence-corrected chi connectivity index (χ1v) is 11.1. The van der Waals surface area contributed by atoms with E-state index in [-0.39, 0.29) is 40.0 Å². The van der Waals surface area contributed by atoms with Crippen LogP contribution in [0.4, 0.5) is 18.9 Å². The van der Waals surface area contributed by atoms with Crippen LogP contribution in [0.3, 0.4) is 0 Å². The summed E-state index contributed by atoms with van der Waals surface area (Å²) in [4.78, 5) is 30.2. The van der Waals surface area contributed by atoms with E-state index >= 15 is 0 Å². The number of tetrazole rings is 1. The van der Waals surface area contributed by atoms with Crippen molar-refractivity contribution in [2.24, 2.45) is 5.73 Å². The maximum absolute atomic E-state index is 13.3. The molecule has 0 aliphatic carbocycles. The molecule has 0 unspecified atom stereocenters. The molecule has 0 radical (unpaired) electrons. The highest BCUT2D eigenvalue weighted by atomic mass is 79.9. The number of nitrogens with zero attached hydrogens (tertiary/aromatic N) is 7. The number of hydrogen-bond acceptors (Lipinski definition) is 7. The highest BCUT2D eigenvalue weighted by molar-refractivity contribution is 9.10. The lowest BCUT2D eigenvalue weighted by Gasteiger charge is -2.13. The number of amides is 2. The summed E-state index contributed by atoms with van der Waals surface area (Å²) in [5, 5.41) is 16.9. The summed E-state index contributed by atoms with van der Waals surface area (Å²) in [6.07, 6.45) is -3.30. The third-order valence-electron chi connectivity index (χ3n) is 4.75. The van der Waals surface area contributed by atoms with Gasteiger partial charge in [0, 0.05) is 11.2 Å². The van der Waals surface area contributed by atoms with E-state index in [9.17, 15) is 22.8 Å². The third-order valence-corrected chi connectivity index (χ3v) is 5.58. The van der Waals surface area contributed by atoms with Crippen molar-refractivity contribution in [3.05, 3.63) is 74.4 Å². The van der Waals surface area contributed by atoms with Gasteiger partial charge in [-0.15, -0.1) is 10.2 Å². The third kappa shape index (κ3) is 5.21. The van der Waals surface area contributed by atoms with Gasteiger partial charge in [0.25, 0.3) is 17.6 Å². The highest BCUT2D eigenvalue weighted by Gasteiger charge is 2.37. The number of carbonyl (C=O) groups excluding carboxylic acids is 2. The van der Waals surface area contributed by atoms with Crippen molar-refractivity contribution in [1.82, 2.24) is 35.0 Å². The number of halogens is 5. The number of benzene rings is 1. The van der Waals surface area contributed by atoms with E-state index in [1.807, 2.05) is 0 Å². The molecule has 0 aliphatic rings. The molecule has 3 aromatic heterocycles. The Morgan fingerprint density at radius 3 is 2.61 bits per heavy atom. The van der Waals surface area contributed by atoms with Crippen molar-refractivity contribution in [3.8, 4) is 5.82 Å². The second-order valence-corrected chi connectivity index (χ2v) is 8.64. The van der Waals surface area contributed by atoms with Gasteiger partial charge in [-0.1, -0.05) is 11.6 Å². The van der Waals surface area contributed by atoms with Crippen molar-refractivity contribution in [1.29, 1.82) is 0 Å². The molecule has 36 heavy (non-hydrogen) atoms. The number of nitrogens with one attached hydrogen (secondary N) is 1. The summed E-state index contributed by atoms with van der Waals surface area (Å²) < 4.78 is 40.1. The summed E-state index contributed by atoms with van der Waals surface area (Å²) in [7, 11) is 0. The van der Waals surface area contributed by atoms with Gasteiger partial charge in [0.05, 0.1) is 21.4 Å². The van der Waals surface area contributed by atoms with Gasteiger partial charge in [0.15, 0.2) is 5.82 Å². The van der Waals surface area contributed by atoms with Crippen LogP contribution in [0.25, 0.3) is 5.82 Å².